The van der Waals surface area contributed by atoms with Crippen LogP contribution in [0, 0.1) is 11.6 Å². The first-order valence-corrected chi connectivity index (χ1v) is 8.85. The first-order valence-electron chi connectivity index (χ1n) is 8.85. The zero-order valence-electron chi connectivity index (χ0n) is 14.3. The van der Waals surface area contributed by atoms with E-state index in [0.29, 0.717) is 5.56 Å². The molecular weight excluding hydrogens is 314 g/mol. The number of hydrogen-bond acceptors (Lipinski definition) is 0. The van der Waals surface area contributed by atoms with Gasteiger partial charge in [-0.1, -0.05) is 49.7 Å². The number of hydrogen-bond donors (Lipinski definition) is 0. The van der Waals surface area contributed by atoms with Crippen LogP contribution in [-0.4, -0.2) is 0 Å². The van der Waals surface area contributed by atoms with Crippen LogP contribution in [0.1, 0.15) is 36.5 Å². The number of aryl methyl sites for hydroxylation is 1. The third-order valence-electron chi connectivity index (χ3n) is 4.96. The molecule has 0 amide bonds. The minimum atomic E-state index is -0.542. The van der Waals surface area contributed by atoms with E-state index in [-0.39, 0.29) is 0 Å². The lowest BCUT2D eigenvalue weighted by Crippen LogP contribution is -1.88. The monoisotopic (exact) mass is 334 g/mol. The maximum atomic E-state index is 13.5. The number of halogens is 2. The van der Waals surface area contributed by atoms with Crippen molar-refractivity contribution in [3.8, 4) is 22.3 Å². The molecule has 0 heterocycles. The van der Waals surface area contributed by atoms with Gasteiger partial charge in [0, 0.05) is 6.07 Å². The lowest BCUT2D eigenvalue weighted by atomic mass is 9.98. The number of benzene rings is 3. The standard InChI is InChI=1S/C23H20F2/c1-2-3-4-15-5-7-22-18(9-15)11-19-10-16(6-8-23(19)22)17-12-20(24)14-21(25)13-17/h5-10,12-14H,2-4,11H2,1H3. The Morgan fingerprint density at radius 2 is 1.44 bits per heavy atom. The maximum absolute atomic E-state index is 13.5. The quantitative estimate of drug-likeness (QED) is 0.397. The van der Waals surface area contributed by atoms with Crippen molar-refractivity contribution in [2.75, 3.05) is 0 Å². The van der Waals surface area contributed by atoms with Crippen LogP contribution in [0.4, 0.5) is 8.78 Å². The molecule has 1 aliphatic rings. The molecule has 0 fully saturated rings. The van der Waals surface area contributed by atoms with Crippen LogP contribution in [0.25, 0.3) is 22.3 Å². The topological polar surface area (TPSA) is 0 Å². The van der Waals surface area contributed by atoms with Gasteiger partial charge in [-0.25, -0.2) is 8.78 Å². The van der Waals surface area contributed by atoms with E-state index in [4.69, 9.17) is 0 Å². The van der Waals surface area contributed by atoms with Gasteiger partial charge in [0.05, 0.1) is 0 Å². The van der Waals surface area contributed by atoms with Crippen LogP contribution in [-0.2, 0) is 12.8 Å². The second-order valence-corrected chi connectivity index (χ2v) is 6.80. The Bertz CT molecular complexity index is 921. The summed E-state index contributed by atoms with van der Waals surface area (Å²) in [6.45, 7) is 2.21. The summed E-state index contributed by atoms with van der Waals surface area (Å²) in [6, 6.07) is 16.5. The predicted molar refractivity (Wildman–Crippen MR) is 98.6 cm³/mol. The second kappa shape index (κ2) is 6.44. The third-order valence-corrected chi connectivity index (χ3v) is 4.96. The fraction of sp³-hybridized carbons (Fsp3) is 0.217. The van der Waals surface area contributed by atoms with E-state index in [1.807, 2.05) is 6.07 Å². The normalized spacial score (nSPS) is 12.1. The van der Waals surface area contributed by atoms with Gasteiger partial charge in [0.2, 0.25) is 0 Å². The summed E-state index contributed by atoms with van der Waals surface area (Å²) in [5.41, 5.74) is 7.93. The van der Waals surface area contributed by atoms with E-state index in [2.05, 4.69) is 37.3 Å². The van der Waals surface area contributed by atoms with Crippen molar-refractivity contribution >= 4 is 0 Å². The van der Waals surface area contributed by atoms with Gasteiger partial charge < -0.3 is 0 Å². The Balaban J connectivity index is 1.68. The largest absolute Gasteiger partial charge is 0.207 e. The van der Waals surface area contributed by atoms with Gasteiger partial charge in [0.25, 0.3) is 0 Å². The van der Waals surface area contributed by atoms with Gasteiger partial charge in [0.15, 0.2) is 0 Å². The lowest BCUT2D eigenvalue weighted by molar-refractivity contribution is 0.584. The van der Waals surface area contributed by atoms with E-state index in [9.17, 15) is 8.78 Å². The molecule has 0 saturated heterocycles. The highest BCUT2D eigenvalue weighted by atomic mass is 19.1. The molecule has 0 N–H and O–H groups in total. The van der Waals surface area contributed by atoms with E-state index >= 15 is 0 Å². The molecule has 0 atom stereocenters. The van der Waals surface area contributed by atoms with Gasteiger partial charge in [-0.15, -0.1) is 0 Å². The summed E-state index contributed by atoms with van der Waals surface area (Å²) in [5.74, 6) is -1.08. The average molecular weight is 334 g/mol. The van der Waals surface area contributed by atoms with Gasteiger partial charge in [-0.05, 0) is 70.3 Å². The highest BCUT2D eigenvalue weighted by Crippen LogP contribution is 2.39. The summed E-state index contributed by atoms with van der Waals surface area (Å²) in [7, 11) is 0. The molecule has 1 aliphatic carbocycles. The first kappa shape index (κ1) is 16.0. The van der Waals surface area contributed by atoms with Gasteiger partial charge in [-0.2, -0.15) is 0 Å². The van der Waals surface area contributed by atoms with Gasteiger partial charge >= 0.3 is 0 Å². The fourth-order valence-electron chi connectivity index (χ4n) is 3.70. The summed E-state index contributed by atoms with van der Waals surface area (Å²) >= 11 is 0. The maximum Gasteiger partial charge on any atom is 0.126 e. The Labute approximate surface area is 147 Å². The molecule has 4 rings (SSSR count). The van der Waals surface area contributed by atoms with Crippen molar-refractivity contribution in [2.45, 2.75) is 32.6 Å². The minimum absolute atomic E-state index is 0.542. The van der Waals surface area contributed by atoms with Crippen molar-refractivity contribution < 1.29 is 8.78 Å². The van der Waals surface area contributed by atoms with E-state index < -0.39 is 11.6 Å². The van der Waals surface area contributed by atoms with E-state index in [1.54, 1.807) is 0 Å². The summed E-state index contributed by atoms with van der Waals surface area (Å²) in [6.07, 6.45) is 4.41. The van der Waals surface area contributed by atoms with Crippen LogP contribution in [0.3, 0.4) is 0 Å². The van der Waals surface area contributed by atoms with Crippen LogP contribution >= 0.6 is 0 Å². The number of rotatable bonds is 4. The molecule has 0 nitrogen and oxygen atoms in total. The van der Waals surface area contributed by atoms with Crippen LogP contribution in [0.2, 0.25) is 0 Å². The average Bonchev–Trinajstić information content (AvgIpc) is 2.95. The Hall–Kier alpha value is -2.48. The molecule has 3 aromatic rings. The molecule has 2 heteroatoms. The van der Waals surface area contributed by atoms with Crippen molar-refractivity contribution in [3.63, 3.8) is 0 Å². The minimum Gasteiger partial charge on any atom is -0.207 e. The number of fused-ring (bicyclic) bond motifs is 3. The molecule has 0 radical (unpaired) electrons. The van der Waals surface area contributed by atoms with Crippen LogP contribution in [0.5, 0.6) is 0 Å². The zero-order valence-corrected chi connectivity index (χ0v) is 14.3. The third kappa shape index (κ3) is 3.09. The molecule has 126 valence electrons. The lowest BCUT2D eigenvalue weighted by Gasteiger charge is -2.07. The first-order chi connectivity index (χ1) is 12.1. The second-order valence-electron chi connectivity index (χ2n) is 6.80. The van der Waals surface area contributed by atoms with E-state index in [1.165, 1.54) is 52.8 Å². The molecule has 0 aromatic heterocycles. The van der Waals surface area contributed by atoms with Crippen molar-refractivity contribution in [1.29, 1.82) is 0 Å². The molecule has 0 saturated carbocycles. The van der Waals surface area contributed by atoms with E-state index in [0.717, 1.165) is 24.5 Å². The fourth-order valence-corrected chi connectivity index (χ4v) is 3.70. The Morgan fingerprint density at radius 1 is 0.760 bits per heavy atom. The SMILES string of the molecule is CCCCc1ccc2c(c1)Cc1cc(-c3cc(F)cc(F)c3)ccc1-2. The Morgan fingerprint density at radius 3 is 2.16 bits per heavy atom. The van der Waals surface area contributed by atoms with Crippen LogP contribution in [0.15, 0.2) is 54.6 Å². The van der Waals surface area contributed by atoms with Crippen LogP contribution < -0.4 is 0 Å². The molecule has 0 bridgehead atoms. The van der Waals surface area contributed by atoms with Crippen molar-refractivity contribution in [1.82, 2.24) is 0 Å². The molecule has 3 aromatic carbocycles. The molecule has 25 heavy (non-hydrogen) atoms. The summed E-state index contributed by atoms with van der Waals surface area (Å²) < 4.78 is 27.0. The number of unbranched alkanes of at least 4 members (excludes halogenated alkanes) is 1. The predicted octanol–water partition coefficient (Wildman–Crippen LogP) is 6.55. The molecular formula is C23H20F2. The van der Waals surface area contributed by atoms with Crippen molar-refractivity contribution in [2.24, 2.45) is 0 Å². The molecule has 0 spiro atoms. The smallest absolute Gasteiger partial charge is 0.126 e. The Kier molecular flexibility index (Phi) is 4.12. The van der Waals surface area contributed by atoms with Gasteiger partial charge in [-0.3, -0.25) is 0 Å². The summed E-state index contributed by atoms with van der Waals surface area (Å²) in [4.78, 5) is 0. The van der Waals surface area contributed by atoms with Crippen molar-refractivity contribution in [3.05, 3.63) is 82.9 Å². The molecule has 0 aliphatic heterocycles. The van der Waals surface area contributed by atoms with Gasteiger partial charge in [0.1, 0.15) is 11.6 Å². The summed E-state index contributed by atoms with van der Waals surface area (Å²) in [5, 5.41) is 0. The zero-order chi connectivity index (χ0) is 17.4. The highest BCUT2D eigenvalue weighted by Gasteiger charge is 2.19. The molecule has 0 unspecified atom stereocenters. The highest BCUT2D eigenvalue weighted by molar-refractivity contribution is 5.80.